The van der Waals surface area contributed by atoms with Gasteiger partial charge in [-0.1, -0.05) is 54.1 Å². The summed E-state index contributed by atoms with van der Waals surface area (Å²) < 4.78 is 13.4. The first-order valence-corrected chi connectivity index (χ1v) is 13.6. The van der Waals surface area contributed by atoms with Crippen LogP contribution in [0.25, 0.3) is 6.08 Å². The van der Waals surface area contributed by atoms with Gasteiger partial charge in [-0.2, -0.15) is 0 Å². The monoisotopic (exact) mass is 573 g/mol. The van der Waals surface area contributed by atoms with Crippen LogP contribution in [-0.4, -0.2) is 23.5 Å². The van der Waals surface area contributed by atoms with Gasteiger partial charge in [-0.25, -0.2) is 4.39 Å². The molecule has 40 heavy (non-hydrogen) atoms. The Hall–Kier alpha value is -4.40. The molecule has 0 heterocycles. The highest BCUT2D eigenvalue weighted by atomic mass is 35.5. The Morgan fingerprint density at radius 2 is 1.57 bits per heavy atom. The highest BCUT2D eigenvalue weighted by molar-refractivity contribution is 8.00. The summed E-state index contributed by atoms with van der Waals surface area (Å²) in [6, 6.07) is 26.3. The lowest BCUT2D eigenvalue weighted by Crippen LogP contribution is -2.30. The Balaban J connectivity index is 1.44. The van der Waals surface area contributed by atoms with Crippen molar-refractivity contribution in [3.63, 3.8) is 0 Å². The molecule has 6 nitrogen and oxygen atoms in total. The lowest BCUT2D eigenvalue weighted by atomic mass is 10.1. The van der Waals surface area contributed by atoms with E-state index >= 15 is 0 Å². The molecule has 0 spiro atoms. The van der Waals surface area contributed by atoms with Crippen molar-refractivity contribution >= 4 is 58.5 Å². The molecule has 0 aromatic heterocycles. The lowest BCUT2D eigenvalue weighted by molar-refractivity contribution is -0.114. The molecule has 3 N–H and O–H groups in total. The molecule has 4 aromatic rings. The van der Waals surface area contributed by atoms with Crippen molar-refractivity contribution in [3.8, 4) is 0 Å². The molecule has 0 aliphatic rings. The van der Waals surface area contributed by atoms with Crippen LogP contribution in [-0.2, 0) is 9.59 Å². The largest absolute Gasteiger partial charge is 0.325 e. The lowest BCUT2D eigenvalue weighted by Gasteiger charge is -2.12. The van der Waals surface area contributed by atoms with E-state index in [0.29, 0.717) is 27.5 Å². The maximum Gasteiger partial charge on any atom is 0.272 e. The van der Waals surface area contributed by atoms with E-state index in [0.717, 1.165) is 10.5 Å². The predicted octanol–water partition coefficient (Wildman–Crippen LogP) is 6.93. The minimum Gasteiger partial charge on any atom is -0.325 e. The Morgan fingerprint density at radius 1 is 0.850 bits per heavy atom. The average Bonchev–Trinajstić information content (AvgIpc) is 2.95. The smallest absolute Gasteiger partial charge is 0.272 e. The zero-order chi connectivity index (χ0) is 28.5. The van der Waals surface area contributed by atoms with Gasteiger partial charge in [-0.05, 0) is 78.7 Å². The molecule has 3 amide bonds. The first-order valence-electron chi connectivity index (χ1n) is 12.2. The second kappa shape index (κ2) is 13.6. The van der Waals surface area contributed by atoms with Crippen molar-refractivity contribution in [2.24, 2.45) is 0 Å². The van der Waals surface area contributed by atoms with Gasteiger partial charge >= 0.3 is 0 Å². The van der Waals surface area contributed by atoms with Crippen LogP contribution in [0.1, 0.15) is 21.5 Å². The summed E-state index contributed by atoms with van der Waals surface area (Å²) in [6.45, 7) is 1.88. The predicted molar refractivity (Wildman–Crippen MR) is 159 cm³/mol. The highest BCUT2D eigenvalue weighted by Crippen LogP contribution is 2.24. The number of carbonyl (C=O) groups is 3. The van der Waals surface area contributed by atoms with Crippen molar-refractivity contribution < 1.29 is 18.8 Å². The quantitative estimate of drug-likeness (QED) is 0.150. The van der Waals surface area contributed by atoms with E-state index in [2.05, 4.69) is 16.0 Å². The topological polar surface area (TPSA) is 87.3 Å². The van der Waals surface area contributed by atoms with Gasteiger partial charge in [0.2, 0.25) is 5.91 Å². The van der Waals surface area contributed by atoms with Gasteiger partial charge in [0.25, 0.3) is 11.8 Å². The van der Waals surface area contributed by atoms with Gasteiger partial charge in [0.15, 0.2) is 0 Å². The van der Waals surface area contributed by atoms with E-state index in [-0.39, 0.29) is 17.4 Å². The number of benzene rings is 4. The number of hydrogen-bond donors (Lipinski definition) is 3. The van der Waals surface area contributed by atoms with Crippen LogP contribution in [0.4, 0.5) is 15.8 Å². The molecule has 0 aliphatic heterocycles. The fraction of sp³-hybridized carbons (Fsp3) is 0.0645. The van der Waals surface area contributed by atoms with Gasteiger partial charge < -0.3 is 16.0 Å². The molecule has 0 bridgehead atoms. The minimum absolute atomic E-state index is 0.0188. The summed E-state index contributed by atoms with van der Waals surface area (Å²) in [5.74, 6) is -1.50. The van der Waals surface area contributed by atoms with Gasteiger partial charge in [0.05, 0.1) is 5.75 Å². The van der Waals surface area contributed by atoms with Crippen LogP contribution in [0.15, 0.2) is 108 Å². The number of anilines is 2. The van der Waals surface area contributed by atoms with Gasteiger partial charge in [0, 0.05) is 26.9 Å². The van der Waals surface area contributed by atoms with E-state index in [1.54, 1.807) is 60.7 Å². The van der Waals surface area contributed by atoms with Gasteiger partial charge in [-0.3, -0.25) is 14.4 Å². The summed E-state index contributed by atoms with van der Waals surface area (Å²) in [6.07, 6.45) is 1.47. The molecular weight excluding hydrogens is 549 g/mol. The average molecular weight is 574 g/mol. The molecule has 4 aromatic carbocycles. The Labute approximate surface area is 240 Å². The molecule has 0 aliphatic carbocycles. The molecule has 9 heteroatoms. The van der Waals surface area contributed by atoms with E-state index in [9.17, 15) is 18.8 Å². The van der Waals surface area contributed by atoms with E-state index in [1.165, 1.54) is 42.1 Å². The van der Waals surface area contributed by atoms with Crippen LogP contribution in [0, 0.1) is 12.7 Å². The normalized spacial score (nSPS) is 11.0. The number of nitrogens with one attached hydrogen (secondary N) is 3. The molecule has 0 saturated heterocycles. The van der Waals surface area contributed by atoms with Crippen LogP contribution >= 0.6 is 23.4 Å². The number of hydrogen-bond acceptors (Lipinski definition) is 4. The number of rotatable bonds is 9. The second-order valence-corrected chi connectivity index (χ2v) is 10.2. The Kier molecular flexibility index (Phi) is 9.72. The third kappa shape index (κ3) is 8.30. The van der Waals surface area contributed by atoms with E-state index in [1.807, 2.05) is 19.1 Å². The molecule has 0 saturated carbocycles. The SMILES string of the molecule is Cc1ccc(NC(=O)CSc2cccc(NC(=O)/C(=C/c3ccc(F)cc3)NC(=O)c3ccccc3)c2)cc1Cl. The van der Waals surface area contributed by atoms with Crippen molar-refractivity contribution in [1.82, 2.24) is 5.32 Å². The van der Waals surface area contributed by atoms with Crippen molar-refractivity contribution in [2.45, 2.75) is 11.8 Å². The Morgan fingerprint density at radius 3 is 2.30 bits per heavy atom. The first-order chi connectivity index (χ1) is 19.3. The number of aryl methyl sites for hydroxylation is 1. The van der Waals surface area contributed by atoms with Crippen LogP contribution < -0.4 is 16.0 Å². The molecule has 0 unspecified atom stereocenters. The zero-order valence-corrected chi connectivity index (χ0v) is 23.0. The molecule has 4 rings (SSSR count). The summed E-state index contributed by atoms with van der Waals surface area (Å²) >= 11 is 7.43. The molecule has 0 atom stereocenters. The van der Waals surface area contributed by atoms with E-state index < -0.39 is 17.6 Å². The maximum absolute atomic E-state index is 13.4. The van der Waals surface area contributed by atoms with Gasteiger partial charge in [0.1, 0.15) is 11.5 Å². The number of carbonyl (C=O) groups excluding carboxylic acids is 3. The van der Waals surface area contributed by atoms with Gasteiger partial charge in [-0.15, -0.1) is 11.8 Å². The third-order valence-electron chi connectivity index (χ3n) is 5.63. The van der Waals surface area contributed by atoms with Crippen LogP contribution in [0.5, 0.6) is 0 Å². The summed E-state index contributed by atoms with van der Waals surface area (Å²) in [5, 5.41) is 8.82. The standard InChI is InChI=1S/C31H25ClFN3O3S/c1-20-10-15-25(18-27(20)32)34-29(37)19-40-26-9-5-8-24(17-26)35-31(39)28(16-21-11-13-23(33)14-12-21)36-30(38)22-6-3-2-4-7-22/h2-18H,19H2,1H3,(H,34,37)(H,35,39)(H,36,38)/b28-16-. The summed E-state index contributed by atoms with van der Waals surface area (Å²) in [4.78, 5) is 39.2. The Bertz CT molecular complexity index is 1560. The molecular formula is C31H25ClFN3O3S. The molecule has 202 valence electrons. The fourth-order valence-corrected chi connectivity index (χ4v) is 4.48. The van der Waals surface area contributed by atoms with Crippen LogP contribution in [0.2, 0.25) is 5.02 Å². The number of halogens is 2. The second-order valence-electron chi connectivity index (χ2n) is 8.71. The first kappa shape index (κ1) is 28.6. The number of amides is 3. The molecule has 0 radical (unpaired) electrons. The zero-order valence-electron chi connectivity index (χ0n) is 21.4. The maximum atomic E-state index is 13.4. The summed E-state index contributed by atoms with van der Waals surface area (Å²) in [7, 11) is 0. The third-order valence-corrected chi connectivity index (χ3v) is 7.03. The van der Waals surface area contributed by atoms with Crippen molar-refractivity contribution in [1.29, 1.82) is 0 Å². The molecule has 0 fully saturated rings. The fourth-order valence-electron chi connectivity index (χ4n) is 3.55. The summed E-state index contributed by atoms with van der Waals surface area (Å²) in [5.41, 5.74) is 2.90. The highest BCUT2D eigenvalue weighted by Gasteiger charge is 2.15. The van der Waals surface area contributed by atoms with Crippen molar-refractivity contribution in [2.75, 3.05) is 16.4 Å². The van der Waals surface area contributed by atoms with E-state index in [4.69, 9.17) is 11.6 Å². The van der Waals surface area contributed by atoms with Crippen molar-refractivity contribution in [3.05, 3.63) is 130 Å². The minimum atomic E-state index is -0.565. The van der Waals surface area contributed by atoms with Crippen LogP contribution in [0.3, 0.4) is 0 Å². The number of thioether (sulfide) groups is 1.